The maximum atomic E-state index is 12.8. The molecule has 1 aromatic rings. The van der Waals surface area contributed by atoms with Crippen LogP contribution in [0.25, 0.3) is 0 Å². The number of nitrogens with zero attached hydrogens (tertiary/aromatic N) is 1. The van der Waals surface area contributed by atoms with Crippen LogP contribution >= 0.6 is 0 Å². The Labute approximate surface area is 122 Å². The largest absolute Gasteiger partial charge is 0.355 e. The molecule has 0 radical (unpaired) electrons. The highest BCUT2D eigenvalue weighted by molar-refractivity contribution is 5.80. The number of halogens is 1. The fourth-order valence-electron chi connectivity index (χ4n) is 3.04. The van der Waals surface area contributed by atoms with Crippen molar-refractivity contribution in [3.8, 4) is 0 Å². The van der Waals surface area contributed by atoms with Crippen molar-refractivity contribution in [3.63, 3.8) is 0 Å². The number of urea groups is 1. The fourth-order valence-corrected chi connectivity index (χ4v) is 3.04. The van der Waals surface area contributed by atoms with Gasteiger partial charge in [0.25, 0.3) is 0 Å². The molecule has 2 heterocycles. The number of carbonyl (C=O) groups excluding carboxylic acids is 2. The molecule has 2 fully saturated rings. The maximum Gasteiger partial charge on any atom is 0.317 e. The van der Waals surface area contributed by atoms with Crippen LogP contribution in [0.3, 0.4) is 0 Å². The number of likely N-dealkylation sites (tertiary alicyclic amines) is 1. The molecule has 5 nitrogen and oxygen atoms in total. The van der Waals surface area contributed by atoms with Gasteiger partial charge in [-0.2, -0.15) is 0 Å². The van der Waals surface area contributed by atoms with Crippen molar-refractivity contribution in [2.45, 2.75) is 19.4 Å². The van der Waals surface area contributed by atoms with Crippen molar-refractivity contribution < 1.29 is 14.0 Å². The van der Waals surface area contributed by atoms with Gasteiger partial charge in [-0.1, -0.05) is 12.1 Å². The molecule has 2 aliphatic heterocycles. The Hall–Kier alpha value is -2.11. The smallest absolute Gasteiger partial charge is 0.317 e. The first kappa shape index (κ1) is 13.9. The maximum absolute atomic E-state index is 12.8. The Balaban J connectivity index is 1.52. The first-order valence-corrected chi connectivity index (χ1v) is 7.10. The van der Waals surface area contributed by atoms with Crippen LogP contribution < -0.4 is 10.6 Å². The lowest BCUT2D eigenvalue weighted by atomic mass is 9.86. The summed E-state index contributed by atoms with van der Waals surface area (Å²) in [6, 6.07) is 5.93. The highest BCUT2D eigenvalue weighted by Crippen LogP contribution is 2.36. The minimum Gasteiger partial charge on any atom is -0.355 e. The van der Waals surface area contributed by atoms with Crippen LogP contribution in [-0.2, 0) is 11.3 Å². The normalized spacial score (nSPS) is 24.4. The summed E-state index contributed by atoms with van der Waals surface area (Å²) in [5, 5.41) is 5.68. The van der Waals surface area contributed by atoms with E-state index in [4.69, 9.17) is 0 Å². The molecule has 0 aromatic heterocycles. The average Bonchev–Trinajstić information content (AvgIpc) is 3.05. The molecule has 1 unspecified atom stereocenters. The molecule has 0 bridgehead atoms. The zero-order valence-electron chi connectivity index (χ0n) is 11.7. The Kier molecular flexibility index (Phi) is 3.53. The number of hydrogen-bond acceptors (Lipinski definition) is 2. The molecule has 3 amide bonds. The van der Waals surface area contributed by atoms with Crippen LogP contribution in [0.2, 0.25) is 0 Å². The molecule has 2 N–H and O–H groups in total. The molecular formula is C15H18FN3O2. The highest BCUT2D eigenvalue weighted by Gasteiger charge is 2.45. The second-order valence-electron chi connectivity index (χ2n) is 5.91. The summed E-state index contributed by atoms with van der Waals surface area (Å²) < 4.78 is 12.8. The lowest BCUT2D eigenvalue weighted by molar-refractivity contribution is -0.119. The standard InChI is InChI=1S/C15H18FN3O2/c16-12-3-1-11(2-4-12)8-17-14(21)19-6-5-15(10-19)7-13(20)18-9-15/h1-4H,5-10H2,(H,17,21)(H,18,20). The van der Waals surface area contributed by atoms with Crippen LogP contribution in [0, 0.1) is 11.2 Å². The molecule has 1 spiro atoms. The molecule has 3 rings (SSSR count). The summed E-state index contributed by atoms with van der Waals surface area (Å²) in [6.45, 7) is 2.32. The van der Waals surface area contributed by atoms with E-state index in [2.05, 4.69) is 10.6 Å². The number of benzene rings is 1. The van der Waals surface area contributed by atoms with Crippen molar-refractivity contribution in [2.24, 2.45) is 5.41 Å². The van der Waals surface area contributed by atoms with Crippen LogP contribution in [0.4, 0.5) is 9.18 Å². The molecule has 1 atom stereocenters. The van der Waals surface area contributed by atoms with Gasteiger partial charge >= 0.3 is 6.03 Å². The zero-order valence-corrected chi connectivity index (χ0v) is 11.7. The van der Waals surface area contributed by atoms with Crippen molar-refractivity contribution in [2.75, 3.05) is 19.6 Å². The van der Waals surface area contributed by atoms with E-state index in [0.717, 1.165) is 12.0 Å². The minimum atomic E-state index is -0.287. The Morgan fingerprint density at radius 3 is 2.81 bits per heavy atom. The van der Waals surface area contributed by atoms with Gasteiger partial charge in [-0.25, -0.2) is 9.18 Å². The van der Waals surface area contributed by atoms with E-state index in [9.17, 15) is 14.0 Å². The summed E-state index contributed by atoms with van der Waals surface area (Å²) in [7, 11) is 0. The van der Waals surface area contributed by atoms with Gasteiger partial charge in [0, 0.05) is 38.0 Å². The Morgan fingerprint density at radius 1 is 1.38 bits per heavy atom. The van der Waals surface area contributed by atoms with Gasteiger partial charge in [0.2, 0.25) is 5.91 Å². The van der Waals surface area contributed by atoms with Gasteiger partial charge in [-0.3, -0.25) is 4.79 Å². The molecule has 0 aliphatic carbocycles. The average molecular weight is 291 g/mol. The third kappa shape index (κ3) is 2.99. The molecule has 112 valence electrons. The summed E-state index contributed by atoms with van der Waals surface area (Å²) in [5.41, 5.74) is 0.779. The second kappa shape index (κ2) is 5.35. The predicted octanol–water partition coefficient (Wildman–Crippen LogP) is 1.25. The summed E-state index contributed by atoms with van der Waals surface area (Å²) >= 11 is 0. The van der Waals surface area contributed by atoms with Crippen molar-refractivity contribution >= 4 is 11.9 Å². The fraction of sp³-hybridized carbons (Fsp3) is 0.467. The first-order chi connectivity index (χ1) is 10.1. The van der Waals surface area contributed by atoms with Gasteiger partial charge in [-0.15, -0.1) is 0 Å². The number of rotatable bonds is 2. The molecule has 21 heavy (non-hydrogen) atoms. The number of hydrogen-bond donors (Lipinski definition) is 2. The highest BCUT2D eigenvalue weighted by atomic mass is 19.1. The van der Waals surface area contributed by atoms with Gasteiger partial charge in [-0.05, 0) is 24.1 Å². The van der Waals surface area contributed by atoms with Crippen LogP contribution in [0.5, 0.6) is 0 Å². The van der Waals surface area contributed by atoms with Gasteiger partial charge in [0.1, 0.15) is 5.82 Å². The molecule has 1 aromatic carbocycles. The number of amides is 3. The van der Waals surface area contributed by atoms with E-state index in [-0.39, 0.29) is 23.2 Å². The van der Waals surface area contributed by atoms with Crippen molar-refractivity contribution in [3.05, 3.63) is 35.6 Å². The molecule has 0 saturated carbocycles. The predicted molar refractivity (Wildman–Crippen MR) is 74.9 cm³/mol. The summed E-state index contributed by atoms with van der Waals surface area (Å²) in [4.78, 5) is 25.3. The van der Waals surface area contributed by atoms with E-state index in [1.54, 1.807) is 17.0 Å². The van der Waals surface area contributed by atoms with Crippen LogP contribution in [0.15, 0.2) is 24.3 Å². The topological polar surface area (TPSA) is 61.4 Å². The van der Waals surface area contributed by atoms with Crippen LogP contribution in [0.1, 0.15) is 18.4 Å². The molecule has 6 heteroatoms. The van der Waals surface area contributed by atoms with E-state index in [1.807, 2.05) is 0 Å². The van der Waals surface area contributed by atoms with Gasteiger partial charge in [0.05, 0.1) is 0 Å². The SMILES string of the molecule is O=C1CC2(CCN(C(=O)NCc3ccc(F)cc3)C2)CN1. The quantitative estimate of drug-likeness (QED) is 0.861. The van der Waals surface area contributed by atoms with Crippen molar-refractivity contribution in [1.29, 1.82) is 0 Å². The second-order valence-corrected chi connectivity index (χ2v) is 5.91. The molecule has 2 saturated heterocycles. The monoisotopic (exact) mass is 291 g/mol. The van der Waals surface area contributed by atoms with E-state index in [0.29, 0.717) is 32.6 Å². The third-order valence-corrected chi connectivity index (χ3v) is 4.28. The van der Waals surface area contributed by atoms with Gasteiger partial charge in [0.15, 0.2) is 0 Å². The number of carbonyl (C=O) groups is 2. The van der Waals surface area contributed by atoms with E-state index < -0.39 is 0 Å². The van der Waals surface area contributed by atoms with E-state index >= 15 is 0 Å². The lowest BCUT2D eigenvalue weighted by Crippen LogP contribution is -2.40. The number of nitrogens with one attached hydrogen (secondary N) is 2. The van der Waals surface area contributed by atoms with Gasteiger partial charge < -0.3 is 15.5 Å². The summed E-state index contributed by atoms with van der Waals surface area (Å²) in [6.07, 6.45) is 1.37. The third-order valence-electron chi connectivity index (χ3n) is 4.28. The molecule has 2 aliphatic rings. The zero-order chi connectivity index (χ0) is 14.9. The minimum absolute atomic E-state index is 0.0728. The van der Waals surface area contributed by atoms with Crippen LogP contribution in [-0.4, -0.2) is 36.5 Å². The van der Waals surface area contributed by atoms with Crippen molar-refractivity contribution in [1.82, 2.24) is 15.5 Å². The summed E-state index contributed by atoms with van der Waals surface area (Å²) in [5.74, 6) is -0.214. The van der Waals surface area contributed by atoms with E-state index in [1.165, 1.54) is 12.1 Å². The molecular weight excluding hydrogens is 273 g/mol. The lowest BCUT2D eigenvalue weighted by Gasteiger charge is -2.22. The first-order valence-electron chi connectivity index (χ1n) is 7.10. The Bertz CT molecular complexity index is 561. The Morgan fingerprint density at radius 2 is 2.14 bits per heavy atom.